The number of para-hydroxylation sites is 1. The number of aromatic nitrogens is 5. The van der Waals surface area contributed by atoms with Gasteiger partial charge in [-0.2, -0.15) is 4.98 Å². The number of rotatable bonds is 15. The van der Waals surface area contributed by atoms with Crippen molar-refractivity contribution >= 4 is 28.6 Å². The Morgan fingerprint density at radius 2 is 1.70 bits per heavy atom. The lowest BCUT2D eigenvalue weighted by atomic mass is 9.95. The highest BCUT2D eigenvalue weighted by Gasteiger charge is 2.27. The number of benzene rings is 1. The van der Waals surface area contributed by atoms with E-state index in [4.69, 9.17) is 9.97 Å². The number of carbonyl (C=O) groups excluding carboxylic acids is 1. The topological polar surface area (TPSA) is 137 Å². The predicted octanol–water partition coefficient (Wildman–Crippen LogP) is 3.21. The molecule has 4 heterocycles. The quantitative estimate of drug-likeness (QED) is 0.159. The predicted molar refractivity (Wildman–Crippen MR) is 183 cm³/mol. The molecule has 5 N–H and O–H groups in total. The van der Waals surface area contributed by atoms with Crippen LogP contribution in [-0.4, -0.2) is 88.8 Å². The van der Waals surface area contributed by atoms with Gasteiger partial charge in [-0.15, -0.1) is 5.10 Å². The Balaban J connectivity index is 0.886. The lowest BCUT2D eigenvalue weighted by Gasteiger charge is -2.32. The van der Waals surface area contributed by atoms with E-state index in [1.807, 2.05) is 23.0 Å². The second-order valence-corrected chi connectivity index (χ2v) is 13.3. The fourth-order valence-electron chi connectivity index (χ4n) is 6.99. The fraction of sp³-hybridized carbons (Fsp3) is 0.676. The van der Waals surface area contributed by atoms with Gasteiger partial charge in [-0.05, 0) is 96.2 Å². The van der Waals surface area contributed by atoms with Gasteiger partial charge in [0.1, 0.15) is 11.5 Å². The molecule has 0 atom stereocenters. The summed E-state index contributed by atoms with van der Waals surface area (Å²) in [6.07, 6.45) is 14.7. The average Bonchev–Trinajstić information content (AvgIpc) is 3.57. The summed E-state index contributed by atoms with van der Waals surface area (Å²) in [5, 5.41) is 27.1. The van der Waals surface area contributed by atoms with E-state index in [2.05, 4.69) is 53.9 Å². The number of hydrogen-bond acceptors (Lipinski definition) is 10. The molecular formula is C34H53N11O. The molecule has 250 valence electrons. The third kappa shape index (κ3) is 9.36. The van der Waals surface area contributed by atoms with E-state index in [0.717, 1.165) is 125 Å². The summed E-state index contributed by atoms with van der Waals surface area (Å²) in [6, 6.07) is 9.37. The minimum atomic E-state index is -0.0250. The molecule has 2 aromatic heterocycles. The van der Waals surface area contributed by atoms with E-state index < -0.39 is 0 Å². The molecule has 3 fully saturated rings. The standard InChI is InChI=1S/C34H53N11O/c46-33(38-24-29-25-45(43-42-29)21-7-17-35-16-6-18-37-27-8-2-1-3-9-27)26-14-22-44(23-15-26)34-40-31-11-5-4-10-30(31)32(41-34)39-28-12-19-36-20-13-28/h4-5,10-11,25-28,35-37H,1-3,6-9,12-24H2,(H,38,46)(H,39,40,41). The van der Waals surface area contributed by atoms with Crippen molar-refractivity contribution < 1.29 is 4.79 Å². The van der Waals surface area contributed by atoms with Gasteiger partial charge in [-0.25, -0.2) is 4.98 Å². The normalized spacial score (nSPS) is 18.7. The van der Waals surface area contributed by atoms with E-state index >= 15 is 0 Å². The molecule has 1 aromatic carbocycles. The van der Waals surface area contributed by atoms with Crippen LogP contribution in [0.15, 0.2) is 30.5 Å². The van der Waals surface area contributed by atoms with Crippen LogP contribution in [0.1, 0.15) is 76.3 Å². The van der Waals surface area contributed by atoms with Gasteiger partial charge in [-0.1, -0.05) is 36.6 Å². The second kappa shape index (κ2) is 17.0. The third-order valence-corrected chi connectivity index (χ3v) is 9.76. The van der Waals surface area contributed by atoms with Crippen molar-refractivity contribution in [2.45, 2.75) is 95.8 Å². The van der Waals surface area contributed by atoms with Gasteiger partial charge in [-0.3, -0.25) is 9.48 Å². The molecular weight excluding hydrogens is 578 g/mol. The van der Waals surface area contributed by atoms with Gasteiger partial charge >= 0.3 is 0 Å². The summed E-state index contributed by atoms with van der Waals surface area (Å²) in [7, 11) is 0. The Bertz CT molecular complexity index is 1360. The van der Waals surface area contributed by atoms with Crippen molar-refractivity contribution in [3.05, 3.63) is 36.2 Å². The highest BCUT2D eigenvalue weighted by atomic mass is 16.1. The molecule has 0 spiro atoms. The minimum absolute atomic E-state index is 0.0250. The molecule has 0 bridgehead atoms. The number of hydrogen-bond donors (Lipinski definition) is 5. The van der Waals surface area contributed by atoms with Crippen molar-refractivity contribution in [2.75, 3.05) is 56.0 Å². The molecule has 0 radical (unpaired) electrons. The van der Waals surface area contributed by atoms with Crippen LogP contribution in [0.25, 0.3) is 10.9 Å². The second-order valence-electron chi connectivity index (χ2n) is 13.3. The zero-order valence-corrected chi connectivity index (χ0v) is 27.4. The fourth-order valence-corrected chi connectivity index (χ4v) is 6.99. The molecule has 0 unspecified atom stereocenters. The SMILES string of the molecule is O=C(NCc1cn(CCCNCCCNC2CCCCC2)nn1)C1CCN(c2nc(NC3CCNCC3)c3ccccc3n2)CC1. The van der Waals surface area contributed by atoms with E-state index in [1.54, 1.807) is 0 Å². The summed E-state index contributed by atoms with van der Waals surface area (Å²) in [6.45, 7) is 7.90. The summed E-state index contributed by atoms with van der Waals surface area (Å²) in [4.78, 5) is 25.1. The van der Waals surface area contributed by atoms with Gasteiger partial charge in [0.05, 0.1) is 18.3 Å². The van der Waals surface area contributed by atoms with E-state index in [0.29, 0.717) is 12.6 Å². The Labute approximate surface area is 273 Å². The summed E-state index contributed by atoms with van der Waals surface area (Å²) in [5.41, 5.74) is 1.75. The van der Waals surface area contributed by atoms with Gasteiger partial charge in [0.15, 0.2) is 0 Å². The zero-order chi connectivity index (χ0) is 31.4. The van der Waals surface area contributed by atoms with Crippen LogP contribution in [0.2, 0.25) is 0 Å². The number of piperidine rings is 2. The third-order valence-electron chi connectivity index (χ3n) is 9.76. The lowest BCUT2D eigenvalue weighted by molar-refractivity contribution is -0.125. The number of amides is 1. The number of nitrogens with one attached hydrogen (secondary N) is 5. The zero-order valence-electron chi connectivity index (χ0n) is 27.4. The first-order chi connectivity index (χ1) is 22.7. The van der Waals surface area contributed by atoms with Crippen molar-refractivity contribution in [1.82, 2.24) is 46.2 Å². The Morgan fingerprint density at radius 1 is 0.891 bits per heavy atom. The molecule has 2 aliphatic heterocycles. The van der Waals surface area contributed by atoms with Crippen LogP contribution >= 0.6 is 0 Å². The maximum absolute atomic E-state index is 13.0. The van der Waals surface area contributed by atoms with Crippen LogP contribution < -0.4 is 31.5 Å². The first-order valence-corrected chi connectivity index (χ1v) is 17.8. The number of anilines is 2. The van der Waals surface area contributed by atoms with Crippen LogP contribution in [0, 0.1) is 5.92 Å². The van der Waals surface area contributed by atoms with Gasteiger partial charge in [0, 0.05) is 43.0 Å². The maximum Gasteiger partial charge on any atom is 0.227 e. The maximum atomic E-state index is 13.0. The van der Waals surface area contributed by atoms with E-state index in [-0.39, 0.29) is 11.8 Å². The van der Waals surface area contributed by atoms with Crippen LogP contribution in [-0.2, 0) is 17.9 Å². The van der Waals surface area contributed by atoms with Crippen LogP contribution in [0.5, 0.6) is 0 Å². The molecule has 1 aliphatic carbocycles. The van der Waals surface area contributed by atoms with Crippen LogP contribution in [0.3, 0.4) is 0 Å². The minimum Gasteiger partial charge on any atom is -0.367 e. The summed E-state index contributed by atoms with van der Waals surface area (Å²) >= 11 is 0. The molecule has 1 amide bonds. The van der Waals surface area contributed by atoms with Gasteiger partial charge in [0.2, 0.25) is 11.9 Å². The highest BCUT2D eigenvalue weighted by Crippen LogP contribution is 2.28. The van der Waals surface area contributed by atoms with Crippen LogP contribution in [0.4, 0.5) is 11.8 Å². The molecule has 12 heteroatoms. The number of carbonyl (C=O) groups is 1. The summed E-state index contributed by atoms with van der Waals surface area (Å²) < 4.78 is 1.88. The number of fused-ring (bicyclic) bond motifs is 1. The molecule has 3 aliphatic rings. The first kappa shape index (κ1) is 32.6. The smallest absolute Gasteiger partial charge is 0.227 e. The van der Waals surface area contributed by atoms with Gasteiger partial charge in [0.25, 0.3) is 0 Å². The Hall–Kier alpha value is -3.35. The summed E-state index contributed by atoms with van der Waals surface area (Å²) in [5.74, 6) is 1.72. The monoisotopic (exact) mass is 631 g/mol. The van der Waals surface area contributed by atoms with E-state index in [1.165, 1.54) is 32.1 Å². The average molecular weight is 632 g/mol. The Morgan fingerprint density at radius 3 is 2.54 bits per heavy atom. The lowest BCUT2D eigenvalue weighted by Crippen LogP contribution is -2.41. The Kier molecular flexibility index (Phi) is 12.0. The first-order valence-electron chi connectivity index (χ1n) is 17.8. The van der Waals surface area contributed by atoms with Crippen molar-refractivity contribution in [3.63, 3.8) is 0 Å². The molecule has 46 heavy (non-hydrogen) atoms. The number of aryl methyl sites for hydroxylation is 1. The highest BCUT2D eigenvalue weighted by molar-refractivity contribution is 5.90. The van der Waals surface area contributed by atoms with Gasteiger partial charge < -0.3 is 31.5 Å². The molecule has 2 saturated heterocycles. The van der Waals surface area contributed by atoms with E-state index in [9.17, 15) is 4.79 Å². The number of nitrogens with zero attached hydrogens (tertiary/aromatic N) is 6. The van der Waals surface area contributed by atoms with Crippen molar-refractivity contribution in [3.8, 4) is 0 Å². The molecule has 6 rings (SSSR count). The van der Waals surface area contributed by atoms with Crippen molar-refractivity contribution in [2.24, 2.45) is 5.92 Å². The van der Waals surface area contributed by atoms with Crippen molar-refractivity contribution in [1.29, 1.82) is 0 Å². The molecule has 3 aromatic rings. The molecule has 1 saturated carbocycles. The largest absolute Gasteiger partial charge is 0.367 e. The molecule has 12 nitrogen and oxygen atoms in total.